The average molecular weight is 885 g/mol. The molecule has 0 aromatic heterocycles. The molecular weight excluding hydrogens is 793 g/mol. The van der Waals surface area contributed by atoms with Crippen LogP contribution in [-0.2, 0) is 28.6 Å². The molecule has 0 radical (unpaired) electrons. The van der Waals surface area contributed by atoms with Crippen molar-refractivity contribution < 1.29 is 28.6 Å². The van der Waals surface area contributed by atoms with Gasteiger partial charge in [0.25, 0.3) is 0 Å². The van der Waals surface area contributed by atoms with Gasteiger partial charge >= 0.3 is 17.9 Å². The second-order valence-corrected chi connectivity index (χ2v) is 16.5. The Balaban J connectivity index is 4.49. The van der Waals surface area contributed by atoms with Gasteiger partial charge in [0.2, 0.25) is 0 Å². The van der Waals surface area contributed by atoms with Crippen LogP contribution in [0.3, 0.4) is 0 Å². The van der Waals surface area contributed by atoms with Crippen molar-refractivity contribution in [1.82, 2.24) is 0 Å². The van der Waals surface area contributed by atoms with E-state index in [1.165, 1.54) is 57.8 Å². The van der Waals surface area contributed by atoms with Crippen LogP contribution < -0.4 is 0 Å². The van der Waals surface area contributed by atoms with E-state index in [2.05, 4.69) is 81.5 Å². The maximum atomic E-state index is 12.8. The number of carbonyl (C=O) groups excluding carboxylic acids is 3. The Morgan fingerprint density at radius 1 is 0.344 bits per heavy atom. The fraction of sp³-hybridized carbons (Fsp3) is 0.603. The number of carbonyl (C=O) groups is 3. The minimum absolute atomic E-state index is 0.103. The first-order valence-corrected chi connectivity index (χ1v) is 25.6. The summed E-state index contributed by atoms with van der Waals surface area (Å²) in [7, 11) is 0. The molecule has 64 heavy (non-hydrogen) atoms. The first-order chi connectivity index (χ1) is 31.5. The molecular formula is C58H92O6. The van der Waals surface area contributed by atoms with Gasteiger partial charge in [-0.05, 0) is 77.0 Å². The molecule has 0 aliphatic carbocycles. The van der Waals surface area contributed by atoms with E-state index < -0.39 is 6.10 Å². The van der Waals surface area contributed by atoms with E-state index in [9.17, 15) is 14.4 Å². The van der Waals surface area contributed by atoms with Crippen molar-refractivity contribution in [3.63, 3.8) is 0 Å². The zero-order chi connectivity index (χ0) is 46.5. The highest BCUT2D eigenvalue weighted by molar-refractivity contribution is 5.71. The molecule has 1 atom stereocenters. The molecule has 0 saturated heterocycles. The summed E-state index contributed by atoms with van der Waals surface area (Å²) in [6.45, 7) is 6.30. The smallest absolute Gasteiger partial charge is 0.306 e. The summed E-state index contributed by atoms with van der Waals surface area (Å²) in [6, 6.07) is 0. The van der Waals surface area contributed by atoms with Crippen LogP contribution in [0.2, 0.25) is 0 Å². The molecule has 0 aromatic rings. The lowest BCUT2D eigenvalue weighted by Gasteiger charge is -2.18. The zero-order valence-electron chi connectivity index (χ0n) is 41.0. The lowest BCUT2D eigenvalue weighted by molar-refractivity contribution is -0.167. The lowest BCUT2D eigenvalue weighted by atomic mass is 10.1. The van der Waals surface area contributed by atoms with E-state index in [4.69, 9.17) is 14.2 Å². The maximum Gasteiger partial charge on any atom is 0.306 e. The molecule has 1 unspecified atom stereocenters. The SMILES string of the molecule is CC\C=C/C=C\C=C/C=C\C=C\C=C/CCCCCC(=O)OC(COC(=O)CCCCCCCC/C=C\C/C=C\C/C=C\C/C=C\CC)COC(=O)CCCCCCCCCCCC. The van der Waals surface area contributed by atoms with Gasteiger partial charge in [-0.25, -0.2) is 0 Å². The predicted molar refractivity (Wildman–Crippen MR) is 274 cm³/mol. The lowest BCUT2D eigenvalue weighted by Crippen LogP contribution is -2.30. The number of rotatable bonds is 44. The molecule has 0 spiro atoms. The molecule has 0 aliphatic rings. The Morgan fingerprint density at radius 2 is 0.688 bits per heavy atom. The van der Waals surface area contributed by atoms with Crippen LogP contribution in [0, 0.1) is 0 Å². The average Bonchev–Trinajstić information content (AvgIpc) is 3.29. The van der Waals surface area contributed by atoms with E-state index in [-0.39, 0.29) is 37.5 Å². The zero-order valence-corrected chi connectivity index (χ0v) is 41.0. The second-order valence-electron chi connectivity index (χ2n) is 16.5. The third-order valence-electron chi connectivity index (χ3n) is 10.4. The van der Waals surface area contributed by atoms with Gasteiger partial charge in [0.15, 0.2) is 6.10 Å². The summed E-state index contributed by atoms with van der Waals surface area (Å²) in [6.07, 6.45) is 70.3. The van der Waals surface area contributed by atoms with E-state index in [0.29, 0.717) is 19.3 Å². The van der Waals surface area contributed by atoms with E-state index in [0.717, 1.165) is 103 Å². The van der Waals surface area contributed by atoms with Gasteiger partial charge in [-0.1, -0.05) is 232 Å². The molecule has 0 aliphatic heterocycles. The van der Waals surface area contributed by atoms with Crippen molar-refractivity contribution >= 4 is 17.9 Å². The fourth-order valence-corrected chi connectivity index (χ4v) is 6.58. The number of hydrogen-bond donors (Lipinski definition) is 0. The van der Waals surface area contributed by atoms with Crippen molar-refractivity contribution in [2.75, 3.05) is 13.2 Å². The maximum absolute atomic E-state index is 12.8. The highest BCUT2D eigenvalue weighted by Gasteiger charge is 2.19. The minimum atomic E-state index is -0.808. The molecule has 6 heteroatoms. The quantitative estimate of drug-likeness (QED) is 0.0199. The van der Waals surface area contributed by atoms with Gasteiger partial charge in [0.05, 0.1) is 0 Å². The van der Waals surface area contributed by atoms with Crippen LogP contribution in [-0.4, -0.2) is 37.2 Å². The second kappa shape index (κ2) is 51.4. The summed E-state index contributed by atoms with van der Waals surface area (Å²) in [5, 5.41) is 0. The Hall–Kier alpha value is -4.19. The molecule has 0 saturated carbocycles. The van der Waals surface area contributed by atoms with Crippen molar-refractivity contribution in [2.45, 2.75) is 213 Å². The van der Waals surface area contributed by atoms with Gasteiger partial charge in [-0.2, -0.15) is 0 Å². The van der Waals surface area contributed by atoms with Gasteiger partial charge in [-0.3, -0.25) is 14.4 Å². The molecule has 0 rings (SSSR count). The van der Waals surface area contributed by atoms with Gasteiger partial charge in [-0.15, -0.1) is 0 Å². The fourth-order valence-electron chi connectivity index (χ4n) is 6.58. The Labute approximate surface area is 392 Å². The molecule has 0 aromatic carbocycles. The number of ether oxygens (including phenoxy) is 3. The van der Waals surface area contributed by atoms with Crippen molar-refractivity contribution in [1.29, 1.82) is 0 Å². The van der Waals surface area contributed by atoms with Crippen molar-refractivity contribution in [3.05, 3.63) is 122 Å². The van der Waals surface area contributed by atoms with E-state index >= 15 is 0 Å². The van der Waals surface area contributed by atoms with Crippen LogP contribution in [0.15, 0.2) is 122 Å². The van der Waals surface area contributed by atoms with Crippen LogP contribution in [0.5, 0.6) is 0 Å². The van der Waals surface area contributed by atoms with Crippen molar-refractivity contribution in [2.24, 2.45) is 0 Å². The summed E-state index contributed by atoms with van der Waals surface area (Å²) in [4.78, 5) is 37.9. The Kier molecular flexibility index (Phi) is 48.1. The summed E-state index contributed by atoms with van der Waals surface area (Å²) in [5.41, 5.74) is 0. The molecule has 0 amide bonds. The largest absolute Gasteiger partial charge is 0.462 e. The third kappa shape index (κ3) is 48.8. The van der Waals surface area contributed by atoms with Crippen LogP contribution >= 0.6 is 0 Å². The summed E-state index contributed by atoms with van der Waals surface area (Å²) >= 11 is 0. The topological polar surface area (TPSA) is 78.9 Å². The Morgan fingerprint density at radius 3 is 1.16 bits per heavy atom. The first kappa shape index (κ1) is 59.8. The summed E-state index contributed by atoms with van der Waals surface area (Å²) in [5.74, 6) is -0.970. The molecule has 360 valence electrons. The highest BCUT2D eigenvalue weighted by Crippen LogP contribution is 2.14. The summed E-state index contributed by atoms with van der Waals surface area (Å²) < 4.78 is 16.7. The minimum Gasteiger partial charge on any atom is -0.462 e. The van der Waals surface area contributed by atoms with Crippen LogP contribution in [0.4, 0.5) is 0 Å². The molecule has 0 fully saturated rings. The standard InChI is InChI=1S/C58H92O6/c1-4-7-10-13-16-19-22-24-26-28-29-31-32-34-36-39-42-45-48-51-57(60)63-54-55(53-62-56(59)50-47-44-41-38-21-18-15-12-9-6-3)64-58(61)52-49-46-43-40-37-35-33-30-27-25-23-20-17-14-11-8-5-2/h7-8,10-11,14,16-17,19-20,23-27,29-31,33,35,37,55H,4-6,9,12-13,15,18,21-22,28,32,34,36,38-54H2,1-3H3/b10-7-,11-8-,17-14-,19-16-,23-20-,26-24-,27-25-,31-29-,33-30+,37-35-. The number of hydrogen-bond acceptors (Lipinski definition) is 6. The van der Waals surface area contributed by atoms with Crippen molar-refractivity contribution in [3.8, 4) is 0 Å². The van der Waals surface area contributed by atoms with Gasteiger partial charge in [0.1, 0.15) is 13.2 Å². The predicted octanol–water partition coefficient (Wildman–Crippen LogP) is 16.9. The molecule has 0 heterocycles. The molecule has 0 bridgehead atoms. The highest BCUT2D eigenvalue weighted by atomic mass is 16.6. The van der Waals surface area contributed by atoms with Crippen LogP contribution in [0.1, 0.15) is 207 Å². The number of unbranched alkanes of at least 4 members (excludes halogenated alkanes) is 18. The molecule has 0 N–H and O–H groups in total. The normalized spacial score (nSPS) is 13.1. The van der Waals surface area contributed by atoms with Gasteiger partial charge < -0.3 is 14.2 Å². The first-order valence-electron chi connectivity index (χ1n) is 25.6. The van der Waals surface area contributed by atoms with E-state index in [1.807, 2.05) is 60.8 Å². The number of allylic oxidation sites excluding steroid dienone is 20. The van der Waals surface area contributed by atoms with Gasteiger partial charge in [0, 0.05) is 19.3 Å². The van der Waals surface area contributed by atoms with Crippen LogP contribution in [0.25, 0.3) is 0 Å². The third-order valence-corrected chi connectivity index (χ3v) is 10.4. The number of esters is 3. The monoisotopic (exact) mass is 885 g/mol. The van der Waals surface area contributed by atoms with E-state index in [1.54, 1.807) is 0 Å². The molecule has 6 nitrogen and oxygen atoms in total. The Bertz CT molecular complexity index is 1390.